The number of hydrogen-bond acceptors (Lipinski definition) is 4. The predicted molar refractivity (Wildman–Crippen MR) is 143 cm³/mol. The Morgan fingerprint density at radius 3 is 2.28 bits per heavy atom. The van der Waals surface area contributed by atoms with E-state index in [0.29, 0.717) is 0 Å². The van der Waals surface area contributed by atoms with Crippen LogP contribution in [0.5, 0.6) is 0 Å². The van der Waals surface area contributed by atoms with E-state index in [1.54, 1.807) is 31.2 Å². The molecule has 0 saturated heterocycles. The van der Waals surface area contributed by atoms with Crippen LogP contribution in [0.4, 0.5) is 5.69 Å². The first-order valence-corrected chi connectivity index (χ1v) is 13.3. The zero-order valence-electron chi connectivity index (χ0n) is 20.1. The van der Waals surface area contributed by atoms with Crippen molar-refractivity contribution in [1.82, 2.24) is 10.2 Å². The highest BCUT2D eigenvalue weighted by molar-refractivity contribution is 7.92. The molecule has 1 atom stereocenters. The SMILES string of the molecule is CNC(=O)C(C)N(Cc1cccc(C)c1)C(=O)CN(c1cccc(Cl)c1Cl)S(=O)(=O)c1ccccc1. The number of amides is 2. The first-order chi connectivity index (χ1) is 17.1. The van der Waals surface area contributed by atoms with Crippen molar-refractivity contribution < 1.29 is 18.0 Å². The van der Waals surface area contributed by atoms with Gasteiger partial charge in [0.05, 0.1) is 20.6 Å². The lowest BCUT2D eigenvalue weighted by Crippen LogP contribution is -2.50. The molecule has 1 unspecified atom stereocenters. The maximum Gasteiger partial charge on any atom is 0.264 e. The van der Waals surface area contributed by atoms with E-state index in [0.717, 1.165) is 15.4 Å². The largest absolute Gasteiger partial charge is 0.357 e. The van der Waals surface area contributed by atoms with Crippen LogP contribution >= 0.6 is 23.2 Å². The molecule has 7 nitrogen and oxygen atoms in total. The molecule has 0 heterocycles. The van der Waals surface area contributed by atoms with Gasteiger partial charge in [-0.05, 0) is 43.7 Å². The third kappa shape index (κ3) is 6.19. The molecular weight excluding hydrogens is 521 g/mol. The van der Waals surface area contributed by atoms with E-state index < -0.39 is 28.5 Å². The molecule has 3 aromatic carbocycles. The van der Waals surface area contributed by atoms with Crippen molar-refractivity contribution in [3.05, 3.63) is 94.0 Å². The zero-order valence-corrected chi connectivity index (χ0v) is 22.4. The second-order valence-corrected chi connectivity index (χ2v) is 10.8. The summed E-state index contributed by atoms with van der Waals surface area (Å²) in [5, 5.41) is 2.69. The summed E-state index contributed by atoms with van der Waals surface area (Å²) in [6.45, 7) is 3.03. The van der Waals surface area contributed by atoms with E-state index in [1.807, 2.05) is 31.2 Å². The van der Waals surface area contributed by atoms with Gasteiger partial charge in [0.2, 0.25) is 11.8 Å². The fraction of sp³-hybridized carbons (Fsp3) is 0.231. The highest BCUT2D eigenvalue weighted by Gasteiger charge is 2.33. The van der Waals surface area contributed by atoms with Crippen LogP contribution in [0.1, 0.15) is 18.1 Å². The Balaban J connectivity index is 2.07. The van der Waals surface area contributed by atoms with Crippen molar-refractivity contribution in [2.45, 2.75) is 31.3 Å². The molecule has 2 amide bonds. The van der Waals surface area contributed by atoms with Crippen LogP contribution in [-0.2, 0) is 26.2 Å². The first-order valence-electron chi connectivity index (χ1n) is 11.1. The Morgan fingerprint density at radius 1 is 0.972 bits per heavy atom. The quantitative estimate of drug-likeness (QED) is 0.422. The molecule has 1 N–H and O–H groups in total. The number of sulfonamides is 1. The molecule has 0 aliphatic rings. The Bertz CT molecular complexity index is 1350. The maximum absolute atomic E-state index is 13.7. The van der Waals surface area contributed by atoms with Gasteiger partial charge in [-0.15, -0.1) is 0 Å². The predicted octanol–water partition coefficient (Wildman–Crippen LogP) is 4.66. The molecule has 3 rings (SSSR count). The number of rotatable bonds is 9. The van der Waals surface area contributed by atoms with Crippen molar-refractivity contribution in [2.24, 2.45) is 0 Å². The molecule has 0 aliphatic carbocycles. The third-order valence-electron chi connectivity index (χ3n) is 5.66. The molecule has 190 valence electrons. The summed E-state index contributed by atoms with van der Waals surface area (Å²) in [6.07, 6.45) is 0. The van der Waals surface area contributed by atoms with Crippen LogP contribution in [0.25, 0.3) is 0 Å². The smallest absolute Gasteiger partial charge is 0.264 e. The van der Waals surface area contributed by atoms with Gasteiger partial charge < -0.3 is 10.2 Å². The van der Waals surface area contributed by atoms with E-state index in [9.17, 15) is 18.0 Å². The molecule has 0 aromatic heterocycles. The summed E-state index contributed by atoms with van der Waals surface area (Å²) in [4.78, 5) is 27.6. The Hall–Kier alpha value is -3.07. The van der Waals surface area contributed by atoms with Crippen molar-refractivity contribution >= 4 is 50.7 Å². The summed E-state index contributed by atoms with van der Waals surface area (Å²) < 4.78 is 28.3. The van der Waals surface area contributed by atoms with Gasteiger partial charge in [-0.3, -0.25) is 13.9 Å². The first kappa shape index (κ1) is 27.5. The van der Waals surface area contributed by atoms with Gasteiger partial charge >= 0.3 is 0 Å². The minimum atomic E-state index is -4.21. The Morgan fingerprint density at radius 2 is 1.64 bits per heavy atom. The van der Waals surface area contributed by atoms with E-state index >= 15 is 0 Å². The average molecular weight is 548 g/mol. The summed E-state index contributed by atoms with van der Waals surface area (Å²) in [5.41, 5.74) is 1.85. The monoisotopic (exact) mass is 547 g/mol. The molecular formula is C26H27Cl2N3O4S. The maximum atomic E-state index is 13.7. The van der Waals surface area contributed by atoms with Crippen molar-refractivity contribution in [3.8, 4) is 0 Å². The van der Waals surface area contributed by atoms with Crippen molar-refractivity contribution in [2.75, 3.05) is 17.9 Å². The van der Waals surface area contributed by atoms with Crippen molar-refractivity contribution in [1.29, 1.82) is 0 Å². The number of carbonyl (C=O) groups excluding carboxylic acids is 2. The third-order valence-corrected chi connectivity index (χ3v) is 8.24. The molecule has 0 saturated carbocycles. The van der Waals surface area contributed by atoms with Crippen LogP contribution in [0.2, 0.25) is 10.0 Å². The second-order valence-electron chi connectivity index (χ2n) is 8.20. The number of anilines is 1. The number of likely N-dealkylation sites (N-methyl/N-ethyl adjacent to an activating group) is 1. The van der Waals surface area contributed by atoms with Crippen molar-refractivity contribution in [3.63, 3.8) is 0 Å². The number of nitrogens with one attached hydrogen (secondary N) is 1. The van der Waals surface area contributed by atoms with Gasteiger partial charge in [-0.1, -0.05) is 77.3 Å². The summed E-state index contributed by atoms with van der Waals surface area (Å²) in [6, 6.07) is 19.0. The fourth-order valence-corrected chi connectivity index (χ4v) is 5.61. The zero-order chi connectivity index (χ0) is 26.5. The highest BCUT2D eigenvalue weighted by Crippen LogP contribution is 2.35. The van der Waals surface area contributed by atoms with Gasteiger partial charge in [0.15, 0.2) is 0 Å². The van der Waals surface area contributed by atoms with Gasteiger partial charge in [0.25, 0.3) is 10.0 Å². The molecule has 0 fully saturated rings. The highest BCUT2D eigenvalue weighted by atomic mass is 35.5. The van der Waals surface area contributed by atoms with Gasteiger partial charge in [0.1, 0.15) is 12.6 Å². The number of nitrogens with zero attached hydrogens (tertiary/aromatic N) is 2. The Labute approximate surface area is 221 Å². The number of aryl methyl sites for hydroxylation is 1. The van der Waals surface area contributed by atoms with Crippen LogP contribution in [-0.4, -0.2) is 44.8 Å². The normalized spacial score (nSPS) is 12.0. The molecule has 36 heavy (non-hydrogen) atoms. The van der Waals surface area contributed by atoms with E-state index in [-0.39, 0.29) is 33.1 Å². The molecule has 0 spiro atoms. The summed E-state index contributed by atoms with van der Waals surface area (Å²) in [5.74, 6) is -0.961. The standard InChI is InChI=1S/C26H27Cl2N3O4S/c1-18-9-7-10-20(15-18)16-30(19(2)26(33)29-3)24(32)17-31(23-14-8-13-22(27)25(23)28)36(34,35)21-11-5-4-6-12-21/h4-15,19H,16-17H2,1-3H3,(H,29,33). The van der Waals surface area contributed by atoms with Crippen LogP contribution < -0.4 is 9.62 Å². The lowest BCUT2D eigenvalue weighted by Gasteiger charge is -2.32. The van der Waals surface area contributed by atoms with Crippen LogP contribution in [0.15, 0.2) is 77.7 Å². The minimum absolute atomic E-state index is 0.00365. The lowest BCUT2D eigenvalue weighted by molar-refractivity contribution is -0.139. The summed E-state index contributed by atoms with van der Waals surface area (Å²) in [7, 11) is -2.73. The van der Waals surface area contributed by atoms with Gasteiger partial charge in [-0.25, -0.2) is 8.42 Å². The minimum Gasteiger partial charge on any atom is -0.357 e. The average Bonchev–Trinajstić information content (AvgIpc) is 2.87. The number of benzene rings is 3. The molecule has 10 heteroatoms. The van der Waals surface area contributed by atoms with Crippen LogP contribution in [0, 0.1) is 6.92 Å². The second kappa shape index (κ2) is 11.8. The fourth-order valence-electron chi connectivity index (χ4n) is 3.72. The molecule has 0 bridgehead atoms. The Kier molecular flexibility index (Phi) is 9.00. The molecule has 0 radical (unpaired) electrons. The van der Waals surface area contributed by atoms with Gasteiger partial charge in [0, 0.05) is 13.6 Å². The van der Waals surface area contributed by atoms with Gasteiger partial charge in [-0.2, -0.15) is 0 Å². The number of halogens is 2. The summed E-state index contributed by atoms with van der Waals surface area (Å²) >= 11 is 12.6. The van der Waals surface area contributed by atoms with Crippen LogP contribution in [0.3, 0.4) is 0 Å². The lowest BCUT2D eigenvalue weighted by atomic mass is 10.1. The van der Waals surface area contributed by atoms with E-state index in [4.69, 9.17) is 23.2 Å². The topological polar surface area (TPSA) is 86.8 Å². The number of hydrogen-bond donors (Lipinski definition) is 1. The molecule has 0 aliphatic heterocycles. The number of carbonyl (C=O) groups is 2. The van der Waals surface area contributed by atoms with E-state index in [1.165, 1.54) is 36.2 Å². The molecule has 3 aromatic rings. The van der Waals surface area contributed by atoms with E-state index in [2.05, 4.69) is 5.32 Å².